The second-order valence-corrected chi connectivity index (χ2v) is 6.19. The Kier molecular flexibility index (Phi) is 3.83. The van der Waals surface area contributed by atoms with Gasteiger partial charge in [0.25, 0.3) is 5.78 Å². The Morgan fingerprint density at radius 2 is 2.24 bits per heavy atom. The van der Waals surface area contributed by atoms with Crippen LogP contribution >= 0.6 is 0 Å². The van der Waals surface area contributed by atoms with Gasteiger partial charge in [-0.2, -0.15) is 14.6 Å². The van der Waals surface area contributed by atoms with E-state index in [0.29, 0.717) is 29.6 Å². The molecule has 0 radical (unpaired) electrons. The van der Waals surface area contributed by atoms with Crippen LogP contribution in [-0.4, -0.2) is 25.6 Å². The number of hydrogen-bond donors (Lipinski definition) is 0. The summed E-state index contributed by atoms with van der Waals surface area (Å²) in [6.45, 7) is 4.11. The number of esters is 1. The lowest BCUT2D eigenvalue weighted by Gasteiger charge is -2.21. The topological polar surface area (TPSA) is 78.6 Å². The predicted octanol–water partition coefficient (Wildman–Crippen LogP) is 3.28. The molecule has 1 unspecified atom stereocenters. The Morgan fingerprint density at radius 3 is 3.08 bits per heavy atom. The first-order chi connectivity index (χ1) is 12.1. The SMILES string of the molecule is CCCc1cc(Oc2ccc3c(c2)OC(=O)CC3C)n2ncnc2n1. The maximum absolute atomic E-state index is 11.7. The van der Waals surface area contributed by atoms with Crippen molar-refractivity contribution in [2.24, 2.45) is 0 Å². The van der Waals surface area contributed by atoms with Gasteiger partial charge in [-0.05, 0) is 24.0 Å². The molecule has 3 aromatic rings. The Bertz CT molecular complexity index is 951. The minimum atomic E-state index is -0.218. The van der Waals surface area contributed by atoms with Crippen LogP contribution in [0.25, 0.3) is 5.78 Å². The molecule has 25 heavy (non-hydrogen) atoms. The summed E-state index contributed by atoms with van der Waals surface area (Å²) in [6, 6.07) is 7.41. The molecule has 0 saturated heterocycles. The standard InChI is InChI=1S/C18H18N4O3/c1-3-4-12-8-16(22-18(21-12)19-10-20-22)24-13-5-6-14-11(2)7-17(23)25-15(14)9-13/h5-6,8-11H,3-4,7H2,1-2H3. The molecule has 0 fully saturated rings. The van der Waals surface area contributed by atoms with Crippen LogP contribution in [-0.2, 0) is 11.2 Å². The number of nitrogens with zero attached hydrogens (tertiary/aromatic N) is 4. The molecular weight excluding hydrogens is 320 g/mol. The first kappa shape index (κ1) is 15.6. The molecule has 0 saturated carbocycles. The van der Waals surface area contributed by atoms with Crippen LogP contribution in [0.5, 0.6) is 17.4 Å². The largest absolute Gasteiger partial charge is 0.439 e. The molecule has 0 aliphatic carbocycles. The third-order valence-electron chi connectivity index (χ3n) is 4.21. The number of ether oxygens (including phenoxy) is 2. The molecule has 2 aromatic heterocycles. The van der Waals surface area contributed by atoms with Gasteiger partial charge in [0.2, 0.25) is 5.88 Å². The van der Waals surface area contributed by atoms with Crippen molar-refractivity contribution in [1.29, 1.82) is 0 Å². The van der Waals surface area contributed by atoms with Crippen molar-refractivity contribution >= 4 is 11.7 Å². The van der Waals surface area contributed by atoms with E-state index >= 15 is 0 Å². The molecule has 1 aromatic carbocycles. The number of carbonyl (C=O) groups excluding carboxylic acids is 1. The van der Waals surface area contributed by atoms with Crippen molar-refractivity contribution < 1.29 is 14.3 Å². The van der Waals surface area contributed by atoms with Gasteiger partial charge in [0.15, 0.2) is 0 Å². The number of rotatable bonds is 4. The van der Waals surface area contributed by atoms with E-state index in [9.17, 15) is 4.79 Å². The molecule has 0 amide bonds. The van der Waals surface area contributed by atoms with Gasteiger partial charge in [0.05, 0.1) is 6.42 Å². The minimum absolute atomic E-state index is 0.143. The molecular formula is C18H18N4O3. The number of fused-ring (bicyclic) bond motifs is 2. The Balaban J connectivity index is 1.71. The Morgan fingerprint density at radius 1 is 1.36 bits per heavy atom. The van der Waals surface area contributed by atoms with E-state index in [2.05, 4.69) is 22.0 Å². The van der Waals surface area contributed by atoms with Crippen LogP contribution in [0.2, 0.25) is 0 Å². The molecule has 1 aliphatic rings. The Labute approximate surface area is 144 Å². The van der Waals surface area contributed by atoms with Crippen molar-refractivity contribution in [3.63, 3.8) is 0 Å². The number of aryl methyl sites for hydroxylation is 1. The van der Waals surface area contributed by atoms with E-state index in [1.54, 1.807) is 10.6 Å². The molecule has 7 heteroatoms. The van der Waals surface area contributed by atoms with Crippen molar-refractivity contribution in [3.05, 3.63) is 41.9 Å². The first-order valence-electron chi connectivity index (χ1n) is 8.36. The van der Waals surface area contributed by atoms with Gasteiger partial charge in [0.1, 0.15) is 17.8 Å². The molecule has 7 nitrogen and oxygen atoms in total. The van der Waals surface area contributed by atoms with Crippen LogP contribution in [0.1, 0.15) is 43.9 Å². The van der Waals surface area contributed by atoms with Crippen molar-refractivity contribution in [3.8, 4) is 17.4 Å². The summed E-state index contributed by atoms with van der Waals surface area (Å²) in [6.07, 6.45) is 3.65. The highest BCUT2D eigenvalue weighted by atomic mass is 16.5. The summed E-state index contributed by atoms with van der Waals surface area (Å²) in [7, 11) is 0. The fraction of sp³-hybridized carbons (Fsp3) is 0.333. The van der Waals surface area contributed by atoms with Gasteiger partial charge in [-0.1, -0.05) is 26.3 Å². The van der Waals surface area contributed by atoms with E-state index in [0.717, 1.165) is 24.1 Å². The quantitative estimate of drug-likeness (QED) is 0.536. The highest BCUT2D eigenvalue weighted by molar-refractivity contribution is 5.76. The van der Waals surface area contributed by atoms with Gasteiger partial charge in [-0.15, -0.1) is 0 Å². The second kappa shape index (κ2) is 6.16. The van der Waals surface area contributed by atoms with E-state index in [4.69, 9.17) is 9.47 Å². The number of aromatic nitrogens is 4. The van der Waals surface area contributed by atoms with Crippen molar-refractivity contribution in [2.75, 3.05) is 0 Å². The molecule has 128 valence electrons. The van der Waals surface area contributed by atoms with E-state index in [1.165, 1.54) is 6.33 Å². The highest BCUT2D eigenvalue weighted by Crippen LogP contribution is 2.37. The molecule has 1 atom stereocenters. The predicted molar refractivity (Wildman–Crippen MR) is 90.0 cm³/mol. The van der Waals surface area contributed by atoms with Gasteiger partial charge < -0.3 is 9.47 Å². The van der Waals surface area contributed by atoms with E-state index in [-0.39, 0.29) is 11.9 Å². The summed E-state index contributed by atoms with van der Waals surface area (Å²) in [5, 5.41) is 4.16. The van der Waals surface area contributed by atoms with Crippen LogP contribution in [0.3, 0.4) is 0 Å². The fourth-order valence-electron chi connectivity index (χ4n) is 3.01. The molecule has 4 rings (SSSR count). The fourth-order valence-corrected chi connectivity index (χ4v) is 3.01. The number of carbonyl (C=O) groups is 1. The summed E-state index contributed by atoms with van der Waals surface area (Å²) in [4.78, 5) is 20.3. The van der Waals surface area contributed by atoms with Crippen LogP contribution < -0.4 is 9.47 Å². The summed E-state index contributed by atoms with van der Waals surface area (Å²) in [5.74, 6) is 2.08. The number of benzene rings is 1. The summed E-state index contributed by atoms with van der Waals surface area (Å²) >= 11 is 0. The molecule has 0 bridgehead atoms. The lowest BCUT2D eigenvalue weighted by molar-refractivity contribution is -0.135. The normalized spacial score (nSPS) is 16.6. The van der Waals surface area contributed by atoms with Crippen LogP contribution in [0, 0.1) is 0 Å². The molecule has 0 N–H and O–H groups in total. The Hall–Kier alpha value is -2.96. The molecule has 0 spiro atoms. The lowest BCUT2D eigenvalue weighted by Crippen LogP contribution is -2.18. The van der Waals surface area contributed by atoms with Crippen LogP contribution in [0.4, 0.5) is 0 Å². The number of hydrogen-bond acceptors (Lipinski definition) is 6. The highest BCUT2D eigenvalue weighted by Gasteiger charge is 2.24. The molecule has 3 heterocycles. The maximum atomic E-state index is 11.7. The van der Waals surface area contributed by atoms with Gasteiger partial charge in [-0.3, -0.25) is 4.79 Å². The lowest BCUT2D eigenvalue weighted by atomic mass is 9.95. The zero-order valence-corrected chi connectivity index (χ0v) is 14.1. The minimum Gasteiger partial charge on any atom is -0.439 e. The second-order valence-electron chi connectivity index (χ2n) is 6.19. The van der Waals surface area contributed by atoms with Gasteiger partial charge in [-0.25, -0.2) is 4.98 Å². The monoisotopic (exact) mass is 338 g/mol. The maximum Gasteiger partial charge on any atom is 0.311 e. The van der Waals surface area contributed by atoms with Gasteiger partial charge >= 0.3 is 5.97 Å². The zero-order valence-electron chi connectivity index (χ0n) is 14.1. The van der Waals surface area contributed by atoms with Gasteiger partial charge in [0, 0.05) is 17.8 Å². The van der Waals surface area contributed by atoms with Crippen molar-refractivity contribution in [2.45, 2.75) is 39.0 Å². The average Bonchev–Trinajstić information content (AvgIpc) is 3.03. The summed E-state index contributed by atoms with van der Waals surface area (Å²) < 4.78 is 12.9. The summed E-state index contributed by atoms with van der Waals surface area (Å²) in [5.41, 5.74) is 1.91. The van der Waals surface area contributed by atoms with E-state index < -0.39 is 0 Å². The third-order valence-corrected chi connectivity index (χ3v) is 4.21. The van der Waals surface area contributed by atoms with Crippen molar-refractivity contribution in [1.82, 2.24) is 19.6 Å². The smallest absolute Gasteiger partial charge is 0.311 e. The van der Waals surface area contributed by atoms with E-state index in [1.807, 2.05) is 25.1 Å². The van der Waals surface area contributed by atoms with Crippen LogP contribution in [0.15, 0.2) is 30.6 Å². The molecule has 1 aliphatic heterocycles. The first-order valence-corrected chi connectivity index (χ1v) is 8.36. The average molecular weight is 338 g/mol. The third kappa shape index (κ3) is 2.93. The zero-order chi connectivity index (χ0) is 17.4.